The molecule has 18 nitrogen and oxygen atoms in total. The summed E-state index contributed by atoms with van der Waals surface area (Å²) in [6, 6.07) is 2.74. The lowest BCUT2D eigenvalue weighted by atomic mass is 10.0. The van der Waals surface area contributed by atoms with Crippen LogP contribution < -0.4 is 11.1 Å². The van der Waals surface area contributed by atoms with E-state index < -0.39 is 79.2 Å². The summed E-state index contributed by atoms with van der Waals surface area (Å²) in [5, 5.41) is 10.4. The fraction of sp³-hybridized carbons (Fsp3) is 0.594. The van der Waals surface area contributed by atoms with Crippen molar-refractivity contribution in [3.63, 3.8) is 0 Å². The zero-order valence-corrected chi connectivity index (χ0v) is 34.1. The normalized spacial score (nSPS) is 27.5. The van der Waals surface area contributed by atoms with Gasteiger partial charge in [-0.05, 0) is 29.9 Å². The summed E-state index contributed by atoms with van der Waals surface area (Å²) in [6.45, 7) is 15.0. The summed E-state index contributed by atoms with van der Waals surface area (Å²) < 4.78 is 62.2. The van der Waals surface area contributed by atoms with Crippen LogP contribution in [0.3, 0.4) is 0 Å². The number of imidazole rings is 2. The van der Waals surface area contributed by atoms with Crippen molar-refractivity contribution in [3.05, 3.63) is 81.4 Å². The van der Waals surface area contributed by atoms with E-state index in [4.69, 9.17) is 50.4 Å². The lowest BCUT2D eigenvalue weighted by Gasteiger charge is -2.41. The Morgan fingerprint density at radius 3 is 2.07 bits per heavy atom. The summed E-state index contributed by atoms with van der Waals surface area (Å²) in [4.78, 5) is 37.1. The molecule has 0 spiro atoms. The zero-order valence-electron chi connectivity index (χ0n) is 30.5. The number of aliphatic hydroxyl groups excluding tert-OH is 1. The van der Waals surface area contributed by atoms with E-state index in [1.807, 2.05) is 6.92 Å². The molecule has 9 atom stereocenters. The molecule has 54 heavy (non-hydrogen) atoms. The van der Waals surface area contributed by atoms with Gasteiger partial charge in [0.05, 0.1) is 19.3 Å². The second-order valence-corrected chi connectivity index (χ2v) is 22.6. The minimum Gasteiger partial charge on any atom is -0.407 e. The molecule has 292 valence electrons. The maximum absolute atomic E-state index is 12.6. The minimum atomic E-state index is -3.79. The van der Waals surface area contributed by atoms with Crippen LogP contribution in [0, 0.1) is 12.5 Å². The predicted octanol–water partition coefficient (Wildman–Crippen LogP) is 3.97. The summed E-state index contributed by atoms with van der Waals surface area (Å²) in [5.41, 5.74) is -0.575. The average molecular weight is 824 g/mol. The molecule has 0 bridgehead atoms. The van der Waals surface area contributed by atoms with E-state index >= 15 is 0 Å². The van der Waals surface area contributed by atoms with Gasteiger partial charge in [0.15, 0.2) is 20.8 Å². The van der Waals surface area contributed by atoms with Crippen molar-refractivity contribution in [2.45, 2.75) is 88.8 Å². The first-order valence-electron chi connectivity index (χ1n) is 17.2. The van der Waals surface area contributed by atoms with Crippen LogP contribution in [0.2, 0.25) is 18.1 Å². The molecule has 0 aliphatic carbocycles. The molecule has 2 aliphatic heterocycles. The van der Waals surface area contributed by atoms with Crippen molar-refractivity contribution in [1.29, 1.82) is 0 Å². The van der Waals surface area contributed by atoms with E-state index in [2.05, 4.69) is 48.7 Å². The van der Waals surface area contributed by atoms with Gasteiger partial charge in [0.2, 0.25) is 18.1 Å². The number of nitrogens with zero attached hydrogens (tertiary/aromatic N) is 7. The summed E-state index contributed by atoms with van der Waals surface area (Å²) in [7, 11) is -3.17. The van der Waals surface area contributed by atoms with E-state index in [9.17, 15) is 19.3 Å². The van der Waals surface area contributed by atoms with Crippen LogP contribution in [0.1, 0.15) is 40.2 Å². The molecule has 2 saturated heterocycles. The van der Waals surface area contributed by atoms with Crippen LogP contribution in [0.15, 0.2) is 58.9 Å². The Labute approximate surface area is 318 Å². The number of hydrogen-bond donors (Lipinski definition) is 1. The lowest BCUT2D eigenvalue weighted by molar-refractivity contribution is -0.0528. The highest BCUT2D eigenvalue weighted by Crippen LogP contribution is 2.55. The monoisotopic (exact) mass is 823 g/mol. The largest absolute Gasteiger partial charge is 0.407 e. The van der Waals surface area contributed by atoms with Crippen molar-refractivity contribution in [2.24, 2.45) is 5.92 Å². The van der Waals surface area contributed by atoms with Gasteiger partial charge in [0, 0.05) is 55.2 Å². The van der Waals surface area contributed by atoms with Crippen LogP contribution in [0.25, 0.3) is 16.4 Å². The van der Waals surface area contributed by atoms with Crippen molar-refractivity contribution >= 4 is 47.1 Å². The molecule has 2 fully saturated rings. The highest BCUT2D eigenvalue weighted by atomic mass is 32.5. The van der Waals surface area contributed by atoms with E-state index in [-0.39, 0.29) is 35.9 Å². The SMILES string of the molecule is [C-]#[N+]CCOP(=S)(OC[C@H]1O[C@@H](n2ccc(=O)n3ccnc23)[C@H](OP=O)[C@@H]1C)O[C@H]1[C@@H](O[Si](C)(C)C(C)(C)C)[C@H](n2ccc(=O)n3ccnc23)O[C@@H]1CO. The lowest BCUT2D eigenvalue weighted by Crippen LogP contribution is -2.49. The molecule has 2 aliphatic rings. The van der Waals surface area contributed by atoms with Gasteiger partial charge in [-0.1, -0.05) is 27.7 Å². The fourth-order valence-corrected chi connectivity index (χ4v) is 9.99. The third-order valence-corrected chi connectivity index (χ3v) is 17.3. The van der Waals surface area contributed by atoms with Gasteiger partial charge in [-0.3, -0.25) is 36.6 Å². The standard InChI is InChI=1S/C32H43N7O11P2SSi/c1-20-22(47-28(25(20)48-51-43)38-13-8-23(41)36-15-10-34-30(36)38)19-45-52(53,44-17-12-33-5)49-26-21(18-40)46-29(27(26)50-54(6,7)32(2,3)4)39-14-9-24(42)37-16-11-35-31(37)39/h8-11,13-16,20-22,25-29,40H,12,17-19H2,1-4,6-7H3/t20-,21-,22-,25-,26-,27-,28-,29-,52?/m1/s1. The molecule has 4 aromatic rings. The summed E-state index contributed by atoms with van der Waals surface area (Å²) in [6.07, 6.45) is 2.98. The van der Waals surface area contributed by atoms with Crippen LogP contribution in [0.5, 0.6) is 0 Å². The molecule has 4 aromatic heterocycles. The fourth-order valence-electron chi connectivity index (χ4n) is 6.22. The second-order valence-electron chi connectivity index (χ2n) is 14.5. The average Bonchev–Trinajstić information content (AvgIpc) is 3.93. The molecular formula is C32H43N7O11P2SSi. The quantitative estimate of drug-likeness (QED) is 0.0786. The van der Waals surface area contributed by atoms with E-state index in [0.29, 0.717) is 11.6 Å². The number of ether oxygens (including phenoxy) is 2. The number of rotatable bonds is 15. The van der Waals surface area contributed by atoms with Gasteiger partial charge in [-0.15, -0.1) is 0 Å². The van der Waals surface area contributed by atoms with Crippen LogP contribution in [-0.4, -0.2) is 98.2 Å². The molecule has 6 rings (SSSR count). The van der Waals surface area contributed by atoms with E-state index in [1.165, 1.54) is 45.7 Å². The summed E-state index contributed by atoms with van der Waals surface area (Å²) >= 11 is 6.00. The maximum atomic E-state index is 12.6. The highest BCUT2D eigenvalue weighted by molar-refractivity contribution is 8.07. The minimum absolute atomic E-state index is 0.0267. The number of aromatic nitrogens is 6. The summed E-state index contributed by atoms with van der Waals surface area (Å²) in [5.74, 6) is 0.167. The first-order valence-corrected chi connectivity index (χ1v) is 23.4. The number of aliphatic hydroxyl groups is 1. The molecule has 0 aromatic carbocycles. The van der Waals surface area contributed by atoms with Crippen LogP contribution in [0.4, 0.5) is 0 Å². The molecular weight excluding hydrogens is 780 g/mol. The molecule has 1 N–H and O–H groups in total. The van der Waals surface area contributed by atoms with Crippen molar-refractivity contribution in [2.75, 3.05) is 26.4 Å². The van der Waals surface area contributed by atoms with Gasteiger partial charge >= 0.3 is 15.4 Å². The van der Waals surface area contributed by atoms with E-state index in [1.54, 1.807) is 21.5 Å². The Bertz CT molecular complexity index is 2180. The molecule has 0 radical (unpaired) electrons. The van der Waals surface area contributed by atoms with Crippen molar-refractivity contribution in [1.82, 2.24) is 27.9 Å². The van der Waals surface area contributed by atoms with Gasteiger partial charge in [-0.2, -0.15) is 0 Å². The van der Waals surface area contributed by atoms with E-state index in [0.717, 1.165) is 0 Å². The Hall–Kier alpha value is -3.02. The second kappa shape index (κ2) is 16.2. The number of fused-ring (bicyclic) bond motifs is 2. The van der Waals surface area contributed by atoms with Crippen LogP contribution in [-0.2, 0) is 48.4 Å². The maximum Gasteiger partial charge on any atom is 0.327 e. The van der Waals surface area contributed by atoms with Gasteiger partial charge < -0.3 is 32.9 Å². The Morgan fingerprint density at radius 2 is 1.54 bits per heavy atom. The molecule has 6 heterocycles. The van der Waals surface area contributed by atoms with Gasteiger partial charge in [0.1, 0.15) is 31.0 Å². The third kappa shape index (κ3) is 7.96. The predicted molar refractivity (Wildman–Crippen MR) is 200 cm³/mol. The Kier molecular flexibility index (Phi) is 12.2. The molecule has 22 heteroatoms. The molecule has 1 unspecified atom stereocenters. The smallest absolute Gasteiger partial charge is 0.327 e. The van der Waals surface area contributed by atoms with Gasteiger partial charge in [-0.25, -0.2) is 21.1 Å². The van der Waals surface area contributed by atoms with Crippen LogP contribution >= 0.6 is 15.4 Å². The van der Waals surface area contributed by atoms with Gasteiger partial charge in [0.25, 0.3) is 11.1 Å². The number of hydrogen-bond acceptors (Lipinski definition) is 14. The third-order valence-electron chi connectivity index (χ3n) is 10.2. The zero-order chi connectivity index (χ0) is 39.0. The van der Waals surface area contributed by atoms with Crippen molar-refractivity contribution in [3.8, 4) is 0 Å². The first-order chi connectivity index (χ1) is 25.6. The highest BCUT2D eigenvalue weighted by Gasteiger charge is 2.54. The topological polar surface area (TPSA) is 185 Å². The van der Waals surface area contributed by atoms with Crippen molar-refractivity contribution < 1.29 is 41.7 Å². The first kappa shape index (κ1) is 40.6. The Balaban J connectivity index is 1.32. The molecule has 0 saturated carbocycles. The Morgan fingerprint density at radius 1 is 0.963 bits per heavy atom. The molecule has 0 amide bonds.